The number of aliphatic imine (C=N–C) groups is 1. The fraction of sp³-hybridized carbons (Fsp3) is 0.235. The molecule has 0 N–H and O–H groups in total. The molecule has 1 aliphatic rings. The number of fused-ring (bicyclic) bond motifs is 1. The summed E-state index contributed by atoms with van der Waals surface area (Å²) < 4.78 is 5.20. The maximum Gasteiger partial charge on any atom is 0.118 e. The van der Waals surface area contributed by atoms with E-state index in [1.807, 2.05) is 12.1 Å². The van der Waals surface area contributed by atoms with Gasteiger partial charge in [0.2, 0.25) is 0 Å². The summed E-state index contributed by atoms with van der Waals surface area (Å²) >= 11 is 0. The molecule has 3 rings (SSSR count). The van der Waals surface area contributed by atoms with Crippen LogP contribution >= 0.6 is 0 Å². The maximum absolute atomic E-state index is 5.20. The summed E-state index contributed by atoms with van der Waals surface area (Å²) in [4.78, 5) is 4.84. The number of aryl methyl sites for hydroxylation is 1. The lowest BCUT2D eigenvalue weighted by Crippen LogP contribution is -1.99. The van der Waals surface area contributed by atoms with Crippen molar-refractivity contribution >= 4 is 11.4 Å². The van der Waals surface area contributed by atoms with Crippen LogP contribution in [0.2, 0.25) is 0 Å². The van der Waals surface area contributed by atoms with Crippen LogP contribution in [0.25, 0.3) is 0 Å². The van der Waals surface area contributed by atoms with Crippen molar-refractivity contribution in [1.29, 1.82) is 0 Å². The van der Waals surface area contributed by atoms with Gasteiger partial charge in [0.25, 0.3) is 0 Å². The zero-order chi connectivity index (χ0) is 13.1. The van der Waals surface area contributed by atoms with E-state index in [9.17, 15) is 0 Å². The lowest BCUT2D eigenvalue weighted by molar-refractivity contribution is 0.415. The molecule has 0 aromatic heterocycles. The predicted octanol–water partition coefficient (Wildman–Crippen LogP) is 4.15. The molecule has 2 nitrogen and oxygen atoms in total. The molecule has 1 heterocycles. The van der Waals surface area contributed by atoms with Gasteiger partial charge in [-0.1, -0.05) is 18.2 Å². The molecule has 2 aromatic rings. The second-order valence-corrected chi connectivity index (χ2v) is 4.77. The van der Waals surface area contributed by atoms with Gasteiger partial charge in [0, 0.05) is 5.71 Å². The van der Waals surface area contributed by atoms with Crippen molar-refractivity contribution < 1.29 is 4.74 Å². The largest absolute Gasteiger partial charge is 0.497 e. The molecule has 0 fully saturated rings. The van der Waals surface area contributed by atoms with Crippen molar-refractivity contribution in [2.45, 2.75) is 19.3 Å². The molecule has 0 unspecified atom stereocenters. The topological polar surface area (TPSA) is 21.6 Å². The molecule has 0 radical (unpaired) electrons. The number of hydrogen-bond acceptors (Lipinski definition) is 2. The predicted molar refractivity (Wildman–Crippen MR) is 78.6 cm³/mol. The SMILES string of the molecule is COc1ccc(C2=Nc3ccccc3CCC2)cc1. The van der Waals surface area contributed by atoms with Gasteiger partial charge < -0.3 is 4.74 Å². The van der Waals surface area contributed by atoms with E-state index in [-0.39, 0.29) is 0 Å². The van der Waals surface area contributed by atoms with Crippen LogP contribution in [0, 0.1) is 0 Å². The van der Waals surface area contributed by atoms with E-state index in [4.69, 9.17) is 9.73 Å². The van der Waals surface area contributed by atoms with Gasteiger partial charge in [-0.05, 0) is 60.7 Å². The van der Waals surface area contributed by atoms with Crippen molar-refractivity contribution in [3.8, 4) is 5.75 Å². The van der Waals surface area contributed by atoms with Crippen LogP contribution in [0.3, 0.4) is 0 Å². The second kappa shape index (κ2) is 5.27. The Bertz CT molecular complexity index is 599. The van der Waals surface area contributed by atoms with E-state index in [0.29, 0.717) is 0 Å². The Morgan fingerprint density at radius 3 is 2.53 bits per heavy atom. The summed E-state index contributed by atoms with van der Waals surface area (Å²) in [6.07, 6.45) is 3.29. The van der Waals surface area contributed by atoms with Gasteiger partial charge in [-0.2, -0.15) is 0 Å². The Labute approximate surface area is 113 Å². The third kappa shape index (κ3) is 2.53. The Balaban J connectivity index is 1.98. The van der Waals surface area contributed by atoms with E-state index in [1.54, 1.807) is 7.11 Å². The van der Waals surface area contributed by atoms with Gasteiger partial charge in [-0.15, -0.1) is 0 Å². The number of benzene rings is 2. The summed E-state index contributed by atoms with van der Waals surface area (Å²) in [6.45, 7) is 0. The van der Waals surface area contributed by atoms with Crippen LogP contribution in [0.1, 0.15) is 24.0 Å². The third-order valence-corrected chi connectivity index (χ3v) is 3.53. The van der Waals surface area contributed by atoms with Gasteiger partial charge in [-0.3, -0.25) is 4.99 Å². The van der Waals surface area contributed by atoms with E-state index in [1.165, 1.54) is 16.8 Å². The highest BCUT2D eigenvalue weighted by molar-refractivity contribution is 6.02. The molecule has 2 heteroatoms. The van der Waals surface area contributed by atoms with Crippen molar-refractivity contribution in [1.82, 2.24) is 0 Å². The summed E-state index contributed by atoms with van der Waals surface area (Å²) in [6, 6.07) is 16.6. The lowest BCUT2D eigenvalue weighted by Gasteiger charge is -2.05. The van der Waals surface area contributed by atoms with E-state index in [0.717, 1.165) is 30.7 Å². The molecule has 1 aliphatic heterocycles. The number of ether oxygens (including phenoxy) is 1. The van der Waals surface area contributed by atoms with Crippen LogP contribution in [-0.4, -0.2) is 12.8 Å². The van der Waals surface area contributed by atoms with Gasteiger partial charge in [0.05, 0.1) is 12.8 Å². The molecular formula is C17H17NO. The highest BCUT2D eigenvalue weighted by Gasteiger charge is 2.11. The monoisotopic (exact) mass is 251 g/mol. The first-order valence-electron chi connectivity index (χ1n) is 6.67. The van der Waals surface area contributed by atoms with Gasteiger partial charge >= 0.3 is 0 Å². The van der Waals surface area contributed by atoms with Crippen molar-refractivity contribution in [2.75, 3.05) is 7.11 Å². The molecule has 96 valence electrons. The zero-order valence-electron chi connectivity index (χ0n) is 11.1. The second-order valence-electron chi connectivity index (χ2n) is 4.77. The first kappa shape index (κ1) is 12.0. The lowest BCUT2D eigenvalue weighted by atomic mass is 10.0. The van der Waals surface area contributed by atoms with Crippen LogP contribution in [0.15, 0.2) is 53.5 Å². The standard InChI is InChI=1S/C17H17NO/c1-19-15-11-9-14(10-12-15)17-8-4-6-13-5-2-3-7-16(13)18-17/h2-3,5,7,9-12H,4,6,8H2,1H3. The first-order chi connectivity index (χ1) is 9.36. The normalized spacial score (nSPS) is 14.3. The van der Waals surface area contributed by atoms with E-state index >= 15 is 0 Å². The summed E-state index contributed by atoms with van der Waals surface area (Å²) in [5, 5.41) is 0. The highest BCUT2D eigenvalue weighted by Crippen LogP contribution is 2.27. The van der Waals surface area contributed by atoms with E-state index < -0.39 is 0 Å². The minimum Gasteiger partial charge on any atom is -0.497 e. The Kier molecular flexibility index (Phi) is 3.32. The number of para-hydroxylation sites is 1. The van der Waals surface area contributed by atoms with Crippen LogP contribution < -0.4 is 4.74 Å². The fourth-order valence-corrected chi connectivity index (χ4v) is 2.47. The number of nitrogens with zero attached hydrogens (tertiary/aromatic N) is 1. The molecule has 2 aromatic carbocycles. The summed E-state index contributed by atoms with van der Waals surface area (Å²) in [5.41, 5.74) is 4.84. The van der Waals surface area contributed by atoms with Gasteiger partial charge in [0.15, 0.2) is 0 Å². The van der Waals surface area contributed by atoms with Gasteiger partial charge in [-0.25, -0.2) is 0 Å². The number of methoxy groups -OCH3 is 1. The molecule has 0 atom stereocenters. The summed E-state index contributed by atoms with van der Waals surface area (Å²) in [7, 11) is 1.69. The molecule has 0 saturated carbocycles. The van der Waals surface area contributed by atoms with Gasteiger partial charge in [0.1, 0.15) is 5.75 Å². The Morgan fingerprint density at radius 2 is 1.74 bits per heavy atom. The van der Waals surface area contributed by atoms with E-state index in [2.05, 4.69) is 36.4 Å². The quantitative estimate of drug-likeness (QED) is 0.785. The third-order valence-electron chi connectivity index (χ3n) is 3.53. The molecule has 19 heavy (non-hydrogen) atoms. The molecule has 0 saturated heterocycles. The van der Waals surface area contributed by atoms with Crippen LogP contribution in [-0.2, 0) is 6.42 Å². The minimum absolute atomic E-state index is 0.887. The molecular weight excluding hydrogens is 234 g/mol. The maximum atomic E-state index is 5.20. The molecule has 0 spiro atoms. The van der Waals surface area contributed by atoms with Crippen molar-refractivity contribution in [3.63, 3.8) is 0 Å². The zero-order valence-corrected chi connectivity index (χ0v) is 11.1. The minimum atomic E-state index is 0.887. The summed E-state index contributed by atoms with van der Waals surface area (Å²) in [5.74, 6) is 0.887. The molecule has 0 amide bonds. The average Bonchev–Trinajstić information content (AvgIpc) is 2.69. The Hall–Kier alpha value is -2.09. The molecule has 0 bridgehead atoms. The number of hydrogen-bond donors (Lipinski definition) is 0. The number of rotatable bonds is 2. The average molecular weight is 251 g/mol. The first-order valence-corrected chi connectivity index (χ1v) is 6.67. The fourth-order valence-electron chi connectivity index (χ4n) is 2.47. The highest BCUT2D eigenvalue weighted by atomic mass is 16.5. The smallest absolute Gasteiger partial charge is 0.118 e. The molecule has 0 aliphatic carbocycles. The van der Waals surface area contributed by atoms with Crippen molar-refractivity contribution in [2.24, 2.45) is 4.99 Å². The van der Waals surface area contributed by atoms with Crippen LogP contribution in [0.4, 0.5) is 5.69 Å². The van der Waals surface area contributed by atoms with Crippen molar-refractivity contribution in [3.05, 3.63) is 59.7 Å². The Morgan fingerprint density at radius 1 is 0.947 bits per heavy atom. The van der Waals surface area contributed by atoms with Crippen LogP contribution in [0.5, 0.6) is 5.75 Å².